The van der Waals surface area contributed by atoms with Crippen LogP contribution in [-0.4, -0.2) is 36.7 Å². The summed E-state index contributed by atoms with van der Waals surface area (Å²) in [6.45, 7) is 0. The largest absolute Gasteiger partial charge is 0.479 e. The van der Waals surface area contributed by atoms with Gasteiger partial charge in [0.15, 0.2) is 6.04 Å². The van der Waals surface area contributed by atoms with E-state index in [2.05, 4.69) is 20.4 Å². The van der Waals surface area contributed by atoms with E-state index in [0.29, 0.717) is 5.56 Å². The first-order valence-electron chi connectivity index (χ1n) is 5.36. The van der Waals surface area contributed by atoms with Gasteiger partial charge in [-0.3, -0.25) is 14.5 Å². The number of nitrogens with zero attached hydrogens (tertiary/aromatic N) is 4. The number of carbonyl (C=O) groups excluding carboxylic acids is 1. The number of amides is 1. The molecular weight excluding hydrogens is 250 g/mol. The Labute approximate surface area is 108 Å². The third kappa shape index (κ3) is 2.92. The molecule has 0 fully saturated rings. The lowest BCUT2D eigenvalue weighted by atomic mass is 10.1. The zero-order chi connectivity index (χ0) is 13.8. The summed E-state index contributed by atoms with van der Waals surface area (Å²) in [5.74, 6) is -1.78. The topological polar surface area (TPSA) is 110 Å². The van der Waals surface area contributed by atoms with Crippen LogP contribution in [0.15, 0.2) is 31.0 Å². The Balaban J connectivity index is 2.18. The molecule has 2 heterocycles. The predicted octanol–water partition coefficient (Wildman–Crippen LogP) is -0.234. The van der Waals surface area contributed by atoms with Crippen molar-refractivity contribution in [3.63, 3.8) is 0 Å². The molecule has 2 rings (SSSR count). The van der Waals surface area contributed by atoms with Crippen LogP contribution < -0.4 is 5.32 Å². The van der Waals surface area contributed by atoms with Crippen molar-refractivity contribution in [3.8, 4) is 0 Å². The zero-order valence-corrected chi connectivity index (χ0v) is 10.0. The first-order chi connectivity index (χ1) is 9.08. The van der Waals surface area contributed by atoms with E-state index < -0.39 is 17.9 Å². The van der Waals surface area contributed by atoms with Crippen LogP contribution >= 0.6 is 0 Å². The lowest BCUT2D eigenvalue weighted by molar-refractivity contribution is -0.139. The predicted molar refractivity (Wildman–Crippen MR) is 63.1 cm³/mol. The first-order valence-corrected chi connectivity index (χ1v) is 5.36. The van der Waals surface area contributed by atoms with Crippen LogP contribution in [-0.2, 0) is 11.8 Å². The highest BCUT2D eigenvalue weighted by Crippen LogP contribution is 2.12. The molecular formula is C11H11N5O3. The van der Waals surface area contributed by atoms with Crippen molar-refractivity contribution < 1.29 is 14.7 Å². The highest BCUT2D eigenvalue weighted by Gasteiger charge is 2.24. The SMILES string of the molecule is Cn1cc(C(NC(=O)c2cnccn2)C(=O)O)cn1. The maximum Gasteiger partial charge on any atom is 0.331 e. The van der Waals surface area contributed by atoms with E-state index in [1.54, 1.807) is 7.05 Å². The van der Waals surface area contributed by atoms with E-state index in [4.69, 9.17) is 5.11 Å². The van der Waals surface area contributed by atoms with Gasteiger partial charge in [0.25, 0.3) is 5.91 Å². The summed E-state index contributed by atoms with van der Waals surface area (Å²) >= 11 is 0. The minimum atomic E-state index is -1.18. The number of nitrogens with one attached hydrogen (secondary N) is 1. The third-order valence-electron chi connectivity index (χ3n) is 2.38. The van der Waals surface area contributed by atoms with Gasteiger partial charge >= 0.3 is 5.97 Å². The number of carboxylic acids is 1. The molecule has 2 N–H and O–H groups in total. The smallest absolute Gasteiger partial charge is 0.331 e. The lowest BCUT2D eigenvalue weighted by Gasteiger charge is -2.12. The number of aliphatic carboxylic acids is 1. The van der Waals surface area contributed by atoms with Crippen LogP contribution in [0.1, 0.15) is 22.1 Å². The van der Waals surface area contributed by atoms with Gasteiger partial charge in [-0.15, -0.1) is 0 Å². The second-order valence-electron chi connectivity index (χ2n) is 3.78. The third-order valence-corrected chi connectivity index (χ3v) is 2.38. The first kappa shape index (κ1) is 12.7. The molecule has 0 radical (unpaired) electrons. The van der Waals surface area contributed by atoms with Crippen LogP contribution in [0, 0.1) is 0 Å². The molecule has 1 atom stereocenters. The second kappa shape index (κ2) is 5.25. The molecule has 0 saturated heterocycles. The van der Waals surface area contributed by atoms with Gasteiger partial charge in [-0.25, -0.2) is 9.78 Å². The van der Waals surface area contributed by atoms with Crippen molar-refractivity contribution in [3.05, 3.63) is 42.2 Å². The van der Waals surface area contributed by atoms with Gasteiger partial charge in [-0.2, -0.15) is 5.10 Å². The van der Waals surface area contributed by atoms with E-state index in [1.807, 2.05) is 0 Å². The van der Waals surface area contributed by atoms with E-state index in [-0.39, 0.29) is 5.69 Å². The summed E-state index contributed by atoms with van der Waals surface area (Å²) in [6, 6.07) is -1.18. The van der Waals surface area contributed by atoms with Crippen LogP contribution in [0.3, 0.4) is 0 Å². The Bertz CT molecular complexity index is 595. The Morgan fingerprint density at radius 1 is 1.37 bits per heavy atom. The monoisotopic (exact) mass is 261 g/mol. The molecule has 2 aromatic rings. The molecule has 0 aliphatic carbocycles. The molecule has 0 spiro atoms. The molecule has 98 valence electrons. The molecule has 2 aromatic heterocycles. The number of carboxylic acid groups (broad SMARTS) is 1. The zero-order valence-electron chi connectivity index (χ0n) is 10.0. The number of aromatic nitrogens is 4. The molecule has 1 unspecified atom stereocenters. The number of carbonyl (C=O) groups is 2. The Hall–Kier alpha value is -2.77. The van der Waals surface area contributed by atoms with Gasteiger partial charge in [0.1, 0.15) is 5.69 Å². The summed E-state index contributed by atoms with van der Waals surface area (Å²) < 4.78 is 1.46. The summed E-state index contributed by atoms with van der Waals surface area (Å²) in [6.07, 6.45) is 6.95. The quantitative estimate of drug-likeness (QED) is 0.786. The maximum absolute atomic E-state index is 11.8. The minimum Gasteiger partial charge on any atom is -0.479 e. The molecule has 0 bridgehead atoms. The molecule has 0 aliphatic heterocycles. The van der Waals surface area contributed by atoms with Crippen LogP contribution in [0.25, 0.3) is 0 Å². The summed E-state index contributed by atoms with van der Waals surface area (Å²) in [7, 11) is 1.66. The van der Waals surface area contributed by atoms with Crippen LogP contribution in [0.4, 0.5) is 0 Å². The molecule has 0 aliphatic rings. The Morgan fingerprint density at radius 3 is 2.68 bits per heavy atom. The molecule has 8 nitrogen and oxygen atoms in total. The number of hydrogen-bond donors (Lipinski definition) is 2. The van der Waals surface area contributed by atoms with Gasteiger partial charge in [-0.1, -0.05) is 0 Å². The average molecular weight is 261 g/mol. The Morgan fingerprint density at radius 2 is 2.16 bits per heavy atom. The summed E-state index contributed by atoms with van der Waals surface area (Å²) in [5.41, 5.74) is 0.435. The standard InChI is InChI=1S/C11H11N5O3/c1-16-6-7(4-14-16)9(11(18)19)15-10(17)8-5-12-2-3-13-8/h2-6,9H,1H3,(H,15,17)(H,18,19). The lowest BCUT2D eigenvalue weighted by Crippen LogP contribution is -2.34. The summed E-state index contributed by atoms with van der Waals surface area (Å²) in [5, 5.41) is 15.4. The fraction of sp³-hybridized carbons (Fsp3) is 0.182. The van der Waals surface area contributed by atoms with Gasteiger partial charge in [-0.05, 0) is 0 Å². The van der Waals surface area contributed by atoms with Crippen LogP contribution in [0.5, 0.6) is 0 Å². The van der Waals surface area contributed by atoms with Gasteiger partial charge in [0.2, 0.25) is 0 Å². The van der Waals surface area contributed by atoms with Crippen molar-refractivity contribution in [1.29, 1.82) is 0 Å². The summed E-state index contributed by atoms with van der Waals surface area (Å²) in [4.78, 5) is 30.6. The maximum atomic E-state index is 11.8. The van der Waals surface area contributed by atoms with E-state index in [9.17, 15) is 9.59 Å². The molecule has 0 saturated carbocycles. The normalized spacial score (nSPS) is 11.8. The molecule has 1 amide bonds. The van der Waals surface area contributed by atoms with Crippen molar-refractivity contribution >= 4 is 11.9 Å². The van der Waals surface area contributed by atoms with Gasteiger partial charge < -0.3 is 10.4 Å². The van der Waals surface area contributed by atoms with Crippen LogP contribution in [0.2, 0.25) is 0 Å². The minimum absolute atomic E-state index is 0.0534. The van der Waals surface area contributed by atoms with E-state index >= 15 is 0 Å². The number of hydrogen-bond acceptors (Lipinski definition) is 5. The van der Waals surface area contributed by atoms with Gasteiger partial charge in [0, 0.05) is 31.2 Å². The number of aryl methyl sites for hydroxylation is 1. The Kier molecular flexibility index (Phi) is 3.51. The van der Waals surface area contributed by atoms with Crippen molar-refractivity contribution in [2.45, 2.75) is 6.04 Å². The van der Waals surface area contributed by atoms with Crippen molar-refractivity contribution in [2.75, 3.05) is 0 Å². The average Bonchev–Trinajstić information content (AvgIpc) is 2.82. The fourth-order valence-electron chi connectivity index (χ4n) is 1.50. The van der Waals surface area contributed by atoms with E-state index in [1.165, 1.54) is 35.7 Å². The van der Waals surface area contributed by atoms with E-state index in [0.717, 1.165) is 0 Å². The molecule has 19 heavy (non-hydrogen) atoms. The number of rotatable bonds is 4. The van der Waals surface area contributed by atoms with Crippen molar-refractivity contribution in [1.82, 2.24) is 25.1 Å². The molecule has 0 aromatic carbocycles. The van der Waals surface area contributed by atoms with Crippen molar-refractivity contribution in [2.24, 2.45) is 7.05 Å². The molecule has 8 heteroatoms. The van der Waals surface area contributed by atoms with Gasteiger partial charge in [0.05, 0.1) is 12.4 Å². The fourth-order valence-corrected chi connectivity index (χ4v) is 1.50. The second-order valence-corrected chi connectivity index (χ2v) is 3.78. The highest BCUT2D eigenvalue weighted by atomic mass is 16.4. The highest BCUT2D eigenvalue weighted by molar-refractivity contribution is 5.94.